The Morgan fingerprint density at radius 3 is 2.86 bits per heavy atom. The number of nitrogens with one attached hydrogen (secondary N) is 1. The second kappa shape index (κ2) is 9.65. The van der Waals surface area contributed by atoms with E-state index in [0.717, 1.165) is 39.2 Å². The Bertz CT molecular complexity index is 307. The molecule has 0 bridgehead atoms. The highest BCUT2D eigenvalue weighted by Crippen LogP contribution is 2.24. The summed E-state index contributed by atoms with van der Waals surface area (Å²) in [5, 5.41) is 3.45. The molecule has 0 aromatic carbocycles. The zero-order valence-electron chi connectivity index (χ0n) is 13.5. The minimum atomic E-state index is 0. The second-order valence-electron chi connectivity index (χ2n) is 6.59. The first-order valence-electron chi connectivity index (χ1n) is 8.18. The Morgan fingerprint density at radius 2 is 2.19 bits per heavy atom. The van der Waals surface area contributed by atoms with Gasteiger partial charge in [0.25, 0.3) is 0 Å². The summed E-state index contributed by atoms with van der Waals surface area (Å²) in [4.78, 5) is 14.5. The highest BCUT2D eigenvalue weighted by Gasteiger charge is 2.27. The van der Waals surface area contributed by atoms with Crippen molar-refractivity contribution in [2.24, 2.45) is 17.8 Å². The number of halogens is 1. The van der Waals surface area contributed by atoms with Gasteiger partial charge in [-0.05, 0) is 56.5 Å². The summed E-state index contributed by atoms with van der Waals surface area (Å²) in [5.41, 5.74) is 0. The van der Waals surface area contributed by atoms with Crippen LogP contribution in [0.15, 0.2) is 0 Å². The molecule has 3 atom stereocenters. The van der Waals surface area contributed by atoms with Gasteiger partial charge in [0, 0.05) is 26.6 Å². The van der Waals surface area contributed by atoms with E-state index in [-0.39, 0.29) is 12.4 Å². The van der Waals surface area contributed by atoms with Gasteiger partial charge in [-0.3, -0.25) is 4.79 Å². The minimum absolute atomic E-state index is 0. The summed E-state index contributed by atoms with van der Waals surface area (Å²) in [6, 6.07) is 0. The molecule has 2 heterocycles. The van der Waals surface area contributed by atoms with Gasteiger partial charge in [-0.2, -0.15) is 0 Å². The minimum Gasteiger partial charge on any atom is -0.384 e. The summed E-state index contributed by atoms with van der Waals surface area (Å²) < 4.78 is 5.24. The molecule has 2 aliphatic rings. The lowest BCUT2D eigenvalue weighted by atomic mass is 9.85. The molecule has 2 aliphatic heterocycles. The van der Waals surface area contributed by atoms with Crippen LogP contribution in [0.3, 0.4) is 0 Å². The Labute approximate surface area is 135 Å². The molecule has 5 heteroatoms. The average Bonchev–Trinajstić information content (AvgIpc) is 2.48. The van der Waals surface area contributed by atoms with Crippen LogP contribution in [0.4, 0.5) is 0 Å². The van der Waals surface area contributed by atoms with Gasteiger partial charge in [0.15, 0.2) is 0 Å². The summed E-state index contributed by atoms with van der Waals surface area (Å²) in [7, 11) is 1.75. The molecule has 124 valence electrons. The van der Waals surface area contributed by atoms with Crippen molar-refractivity contribution in [3.05, 3.63) is 0 Å². The van der Waals surface area contributed by atoms with Crippen molar-refractivity contribution in [1.29, 1.82) is 0 Å². The highest BCUT2D eigenvalue weighted by molar-refractivity contribution is 5.85. The fourth-order valence-electron chi connectivity index (χ4n) is 3.60. The molecule has 3 unspecified atom stereocenters. The quantitative estimate of drug-likeness (QED) is 0.846. The van der Waals surface area contributed by atoms with Crippen LogP contribution in [-0.2, 0) is 9.53 Å². The molecule has 0 aromatic heterocycles. The molecule has 0 aromatic rings. The first kappa shape index (κ1) is 18.7. The Morgan fingerprint density at radius 1 is 1.38 bits per heavy atom. The van der Waals surface area contributed by atoms with Crippen molar-refractivity contribution in [3.63, 3.8) is 0 Å². The summed E-state index contributed by atoms with van der Waals surface area (Å²) in [6.45, 7) is 7.08. The van der Waals surface area contributed by atoms with Gasteiger partial charge < -0.3 is 15.0 Å². The standard InChI is InChI=1S/C16H30N2O2.ClH/c1-13(15-6-3-7-17-10-15)9-16(19)18-8-4-5-14(11-18)12-20-2;/h13-15,17H,3-12H2,1-2H3;1H. The molecule has 0 radical (unpaired) electrons. The third-order valence-electron chi connectivity index (χ3n) is 4.91. The van der Waals surface area contributed by atoms with E-state index < -0.39 is 0 Å². The van der Waals surface area contributed by atoms with E-state index in [9.17, 15) is 4.79 Å². The van der Waals surface area contributed by atoms with Crippen LogP contribution in [0.2, 0.25) is 0 Å². The Kier molecular flexibility index (Phi) is 8.60. The second-order valence-corrected chi connectivity index (χ2v) is 6.59. The monoisotopic (exact) mass is 318 g/mol. The zero-order valence-corrected chi connectivity index (χ0v) is 14.3. The lowest BCUT2D eigenvalue weighted by Crippen LogP contribution is -2.42. The lowest BCUT2D eigenvalue weighted by molar-refractivity contribution is -0.134. The van der Waals surface area contributed by atoms with Crippen LogP contribution < -0.4 is 5.32 Å². The molecule has 2 fully saturated rings. The maximum Gasteiger partial charge on any atom is 0.222 e. The smallest absolute Gasteiger partial charge is 0.222 e. The number of likely N-dealkylation sites (tertiary alicyclic amines) is 1. The number of carbonyl (C=O) groups excluding carboxylic acids is 1. The Hall–Kier alpha value is -0.320. The number of carbonyl (C=O) groups is 1. The first-order chi connectivity index (χ1) is 9.70. The molecule has 1 amide bonds. The number of piperidine rings is 2. The van der Waals surface area contributed by atoms with E-state index in [2.05, 4.69) is 17.1 Å². The van der Waals surface area contributed by atoms with Crippen LogP contribution in [-0.4, -0.2) is 50.7 Å². The van der Waals surface area contributed by atoms with Crippen molar-refractivity contribution < 1.29 is 9.53 Å². The fraction of sp³-hybridized carbons (Fsp3) is 0.938. The summed E-state index contributed by atoms with van der Waals surface area (Å²) in [6.07, 6.45) is 5.56. The molecule has 0 saturated carbocycles. The molecule has 2 saturated heterocycles. The Balaban J connectivity index is 0.00000220. The van der Waals surface area contributed by atoms with E-state index in [4.69, 9.17) is 4.74 Å². The van der Waals surface area contributed by atoms with Crippen LogP contribution in [0, 0.1) is 17.8 Å². The first-order valence-corrected chi connectivity index (χ1v) is 8.18. The molecule has 1 N–H and O–H groups in total. The van der Waals surface area contributed by atoms with Gasteiger partial charge in [0.1, 0.15) is 0 Å². The van der Waals surface area contributed by atoms with Gasteiger partial charge in [-0.1, -0.05) is 6.92 Å². The lowest BCUT2D eigenvalue weighted by Gasteiger charge is -2.34. The third kappa shape index (κ3) is 5.76. The van der Waals surface area contributed by atoms with Crippen molar-refractivity contribution >= 4 is 18.3 Å². The van der Waals surface area contributed by atoms with Crippen LogP contribution in [0.5, 0.6) is 0 Å². The van der Waals surface area contributed by atoms with E-state index in [1.807, 2.05) is 0 Å². The van der Waals surface area contributed by atoms with Crippen molar-refractivity contribution in [2.45, 2.75) is 39.0 Å². The molecular formula is C16H31ClN2O2. The van der Waals surface area contributed by atoms with Crippen LogP contribution in [0.1, 0.15) is 39.0 Å². The van der Waals surface area contributed by atoms with Crippen molar-refractivity contribution in [3.8, 4) is 0 Å². The maximum absolute atomic E-state index is 12.5. The van der Waals surface area contributed by atoms with Crippen LogP contribution in [0.25, 0.3) is 0 Å². The normalized spacial score (nSPS) is 27.8. The molecule has 2 rings (SSSR count). The van der Waals surface area contributed by atoms with Crippen molar-refractivity contribution in [1.82, 2.24) is 10.2 Å². The number of amides is 1. The topological polar surface area (TPSA) is 41.6 Å². The SMILES string of the molecule is COCC1CCCN(C(=O)CC(C)C2CCCNC2)C1.Cl. The fourth-order valence-corrected chi connectivity index (χ4v) is 3.60. The van der Waals surface area contributed by atoms with E-state index in [1.54, 1.807) is 7.11 Å². The number of methoxy groups -OCH3 is 1. The van der Waals surface area contributed by atoms with E-state index in [1.165, 1.54) is 19.3 Å². The molecule has 0 aliphatic carbocycles. The number of hydrogen-bond acceptors (Lipinski definition) is 3. The van der Waals surface area contributed by atoms with Gasteiger partial charge in [-0.25, -0.2) is 0 Å². The van der Waals surface area contributed by atoms with Crippen molar-refractivity contribution in [2.75, 3.05) is 39.9 Å². The number of hydrogen-bond donors (Lipinski definition) is 1. The number of nitrogens with zero attached hydrogens (tertiary/aromatic N) is 1. The number of ether oxygens (including phenoxy) is 1. The van der Waals surface area contributed by atoms with Gasteiger partial charge in [0.2, 0.25) is 5.91 Å². The number of rotatable bonds is 5. The molecular weight excluding hydrogens is 288 g/mol. The zero-order chi connectivity index (χ0) is 14.4. The summed E-state index contributed by atoms with van der Waals surface area (Å²) >= 11 is 0. The summed E-state index contributed by atoms with van der Waals surface area (Å²) in [5.74, 6) is 2.05. The highest BCUT2D eigenvalue weighted by atomic mass is 35.5. The van der Waals surface area contributed by atoms with Gasteiger partial charge in [0.05, 0.1) is 6.61 Å². The predicted octanol–water partition coefficient (Wildman–Crippen LogP) is 2.32. The van der Waals surface area contributed by atoms with Gasteiger partial charge >= 0.3 is 0 Å². The molecule has 4 nitrogen and oxygen atoms in total. The molecule has 0 spiro atoms. The maximum atomic E-state index is 12.5. The molecule has 21 heavy (non-hydrogen) atoms. The van der Waals surface area contributed by atoms with Crippen LogP contribution >= 0.6 is 12.4 Å². The van der Waals surface area contributed by atoms with Gasteiger partial charge in [-0.15, -0.1) is 12.4 Å². The largest absolute Gasteiger partial charge is 0.384 e. The van der Waals surface area contributed by atoms with E-state index in [0.29, 0.717) is 30.1 Å². The van der Waals surface area contributed by atoms with E-state index >= 15 is 0 Å². The average molecular weight is 319 g/mol. The predicted molar refractivity (Wildman–Crippen MR) is 87.8 cm³/mol. The third-order valence-corrected chi connectivity index (χ3v) is 4.91.